The Kier molecular flexibility index (Phi) is 8.43. The van der Waals surface area contributed by atoms with Crippen molar-refractivity contribution in [2.45, 2.75) is 54.9 Å². The number of H-pyrrole nitrogens is 1. The Hall–Kier alpha value is -3.18. The number of ether oxygens (including phenoxy) is 1. The number of nitrogens with zero attached hydrogens (tertiary/aromatic N) is 4. The van der Waals surface area contributed by atoms with Gasteiger partial charge in [0.2, 0.25) is 0 Å². The molecule has 1 amide bonds. The van der Waals surface area contributed by atoms with Gasteiger partial charge in [-0.3, -0.25) is 4.79 Å². The first kappa shape index (κ1) is 28.0. The van der Waals surface area contributed by atoms with Crippen LogP contribution in [0.15, 0.2) is 66.1 Å². The van der Waals surface area contributed by atoms with Crippen molar-refractivity contribution in [1.29, 1.82) is 0 Å². The minimum absolute atomic E-state index is 0.0435. The second-order valence-electron chi connectivity index (χ2n) is 11.1. The summed E-state index contributed by atoms with van der Waals surface area (Å²) in [7, 11) is 1.63. The normalized spacial score (nSPS) is 23.2. The molecular weight excluding hydrogens is 536 g/mol. The number of hydrogen-bond donors (Lipinski definition) is 3. The molecule has 3 atom stereocenters. The van der Waals surface area contributed by atoms with Gasteiger partial charge in [-0.2, -0.15) is 0 Å². The minimum atomic E-state index is -1.01. The second kappa shape index (κ2) is 12.4. The number of hydrogen-bond acceptors (Lipinski definition) is 7. The van der Waals surface area contributed by atoms with Crippen molar-refractivity contribution in [1.82, 2.24) is 29.7 Å². The molecule has 2 aliphatic rings. The van der Waals surface area contributed by atoms with Crippen LogP contribution in [0, 0.1) is 0 Å². The largest absolute Gasteiger partial charge is 0.385 e. The van der Waals surface area contributed by atoms with Gasteiger partial charge in [0.1, 0.15) is 5.60 Å². The van der Waals surface area contributed by atoms with Crippen LogP contribution in [-0.4, -0.2) is 86.2 Å². The molecule has 0 unspecified atom stereocenters. The third-order valence-corrected chi connectivity index (χ3v) is 9.31. The number of aromatic nitrogens is 4. The van der Waals surface area contributed by atoms with Crippen molar-refractivity contribution < 1.29 is 14.6 Å². The van der Waals surface area contributed by atoms with Crippen LogP contribution in [0.1, 0.15) is 48.6 Å². The van der Waals surface area contributed by atoms with Gasteiger partial charge in [-0.25, -0.2) is 9.97 Å². The molecule has 10 heteroatoms. The zero-order chi connectivity index (χ0) is 28.2. The lowest BCUT2D eigenvalue weighted by Crippen LogP contribution is -2.54. The van der Waals surface area contributed by atoms with Gasteiger partial charge in [-0.1, -0.05) is 67.1 Å². The molecular formula is C31H38N6O3S. The highest BCUT2D eigenvalue weighted by molar-refractivity contribution is 7.99. The van der Waals surface area contributed by atoms with Gasteiger partial charge in [0.15, 0.2) is 10.9 Å². The number of rotatable bonds is 9. The number of benzene rings is 2. The second-order valence-corrected chi connectivity index (χ2v) is 12.1. The number of thioether (sulfide) groups is 1. The van der Waals surface area contributed by atoms with E-state index in [0.29, 0.717) is 18.7 Å². The standard InChI is InChI=1S/C31H38N6O3S/c1-40-20-31(39)15-8-7-13-26(31)37-21-33-27(28(37)22-9-3-2-4-10-22)29(38)36-17-16-32-19-23(36)14-18-41-30-34-24-11-5-6-12-25(24)35-30/h2-6,9-12,21,23,26,32,39H,7-8,13-20H2,1H3,(H,34,35)/t23-,26-,31-/m1/s1. The van der Waals surface area contributed by atoms with Crippen LogP contribution in [0.25, 0.3) is 22.3 Å². The Morgan fingerprint density at radius 2 is 2.00 bits per heavy atom. The lowest BCUT2D eigenvalue weighted by atomic mass is 9.80. The fourth-order valence-electron chi connectivity index (χ4n) is 6.37. The maximum Gasteiger partial charge on any atom is 0.275 e. The molecule has 9 nitrogen and oxygen atoms in total. The fourth-order valence-corrected chi connectivity index (χ4v) is 7.30. The van der Waals surface area contributed by atoms with Gasteiger partial charge in [-0.05, 0) is 31.4 Å². The molecule has 6 rings (SSSR count). The molecule has 0 spiro atoms. The quantitative estimate of drug-likeness (QED) is 0.252. The van der Waals surface area contributed by atoms with E-state index in [4.69, 9.17) is 9.72 Å². The number of carbonyl (C=O) groups is 1. The van der Waals surface area contributed by atoms with Gasteiger partial charge in [-0.15, -0.1) is 0 Å². The maximum atomic E-state index is 14.2. The highest BCUT2D eigenvalue weighted by atomic mass is 32.2. The summed E-state index contributed by atoms with van der Waals surface area (Å²) < 4.78 is 7.49. The van der Waals surface area contributed by atoms with Crippen molar-refractivity contribution in [3.05, 3.63) is 66.6 Å². The van der Waals surface area contributed by atoms with Crippen molar-refractivity contribution in [3.8, 4) is 11.3 Å². The van der Waals surface area contributed by atoms with E-state index >= 15 is 0 Å². The monoisotopic (exact) mass is 574 g/mol. The van der Waals surface area contributed by atoms with Crippen molar-refractivity contribution in [3.63, 3.8) is 0 Å². The van der Waals surface area contributed by atoms with E-state index < -0.39 is 5.60 Å². The fraction of sp³-hybridized carbons (Fsp3) is 0.452. The molecule has 2 fully saturated rings. The zero-order valence-electron chi connectivity index (χ0n) is 23.5. The summed E-state index contributed by atoms with van der Waals surface area (Å²) in [5.41, 5.74) is 3.12. The number of para-hydroxylation sites is 2. The van der Waals surface area contributed by atoms with Gasteiger partial charge in [0, 0.05) is 44.1 Å². The molecule has 216 valence electrons. The zero-order valence-corrected chi connectivity index (χ0v) is 24.3. The van der Waals surface area contributed by atoms with Crippen LogP contribution in [-0.2, 0) is 4.74 Å². The van der Waals surface area contributed by atoms with E-state index in [2.05, 4.69) is 15.3 Å². The van der Waals surface area contributed by atoms with Crippen LogP contribution in [0.5, 0.6) is 0 Å². The van der Waals surface area contributed by atoms with Crippen LogP contribution in [0.4, 0.5) is 0 Å². The third kappa shape index (κ3) is 5.79. The third-order valence-electron chi connectivity index (χ3n) is 8.40. The van der Waals surface area contributed by atoms with Crippen molar-refractivity contribution in [2.75, 3.05) is 39.1 Å². The van der Waals surface area contributed by atoms with E-state index in [-0.39, 0.29) is 24.6 Å². The Balaban J connectivity index is 1.26. The smallest absolute Gasteiger partial charge is 0.275 e. The summed E-state index contributed by atoms with van der Waals surface area (Å²) in [6.45, 7) is 2.35. The summed E-state index contributed by atoms with van der Waals surface area (Å²) in [6.07, 6.45) is 6.00. The Morgan fingerprint density at radius 3 is 2.83 bits per heavy atom. The highest BCUT2D eigenvalue weighted by Gasteiger charge is 2.42. The number of fused-ring (bicyclic) bond motifs is 1. The predicted molar refractivity (Wildman–Crippen MR) is 161 cm³/mol. The highest BCUT2D eigenvalue weighted by Crippen LogP contribution is 2.41. The number of aliphatic hydroxyl groups is 1. The van der Waals surface area contributed by atoms with Crippen molar-refractivity contribution >= 4 is 28.7 Å². The topological polar surface area (TPSA) is 108 Å². The number of nitrogens with one attached hydrogen (secondary N) is 2. The summed E-state index contributed by atoms with van der Waals surface area (Å²) in [5.74, 6) is 0.774. The Labute approximate surface area is 244 Å². The number of imidazole rings is 2. The van der Waals surface area contributed by atoms with Gasteiger partial charge in [0.25, 0.3) is 5.91 Å². The van der Waals surface area contributed by atoms with Gasteiger partial charge < -0.3 is 29.6 Å². The van der Waals surface area contributed by atoms with Crippen molar-refractivity contribution in [2.24, 2.45) is 0 Å². The van der Waals surface area contributed by atoms with Gasteiger partial charge in [0.05, 0.1) is 35.7 Å². The number of piperazine rings is 1. The van der Waals surface area contributed by atoms with E-state index in [1.165, 1.54) is 0 Å². The first-order valence-corrected chi connectivity index (χ1v) is 15.5. The van der Waals surface area contributed by atoms with E-state index in [1.54, 1.807) is 25.2 Å². The SMILES string of the molecule is COC[C@]1(O)CCCC[C@H]1n1cnc(C(=O)N2CCNC[C@H]2CCSc2nc3ccccc3[nH]2)c1-c1ccccc1. The Morgan fingerprint density at radius 1 is 1.17 bits per heavy atom. The molecule has 0 bridgehead atoms. The molecule has 2 aromatic carbocycles. The van der Waals surface area contributed by atoms with E-state index in [1.807, 2.05) is 64.1 Å². The first-order valence-electron chi connectivity index (χ1n) is 14.5. The first-order chi connectivity index (χ1) is 20.1. The Bertz CT molecular complexity index is 1440. The summed E-state index contributed by atoms with van der Waals surface area (Å²) in [6, 6.07) is 17.8. The molecule has 1 saturated heterocycles. The lowest BCUT2D eigenvalue weighted by Gasteiger charge is -2.41. The molecule has 1 aliphatic heterocycles. The number of aromatic amines is 1. The molecule has 4 aromatic rings. The van der Waals surface area contributed by atoms with E-state index in [0.717, 1.165) is 72.0 Å². The summed E-state index contributed by atoms with van der Waals surface area (Å²) in [4.78, 5) is 29.0. The number of methoxy groups -OCH3 is 1. The van der Waals surface area contributed by atoms with Crippen LogP contribution < -0.4 is 5.32 Å². The van der Waals surface area contributed by atoms with Crippen LogP contribution in [0.3, 0.4) is 0 Å². The molecule has 1 aliphatic carbocycles. The molecule has 0 radical (unpaired) electrons. The molecule has 3 N–H and O–H groups in total. The summed E-state index contributed by atoms with van der Waals surface area (Å²) in [5, 5.41) is 16.0. The van der Waals surface area contributed by atoms with E-state index in [9.17, 15) is 9.90 Å². The summed E-state index contributed by atoms with van der Waals surface area (Å²) >= 11 is 1.68. The average molecular weight is 575 g/mol. The minimum Gasteiger partial charge on any atom is -0.385 e. The lowest BCUT2D eigenvalue weighted by molar-refractivity contribution is -0.0893. The average Bonchev–Trinajstić information content (AvgIpc) is 3.62. The maximum absolute atomic E-state index is 14.2. The van der Waals surface area contributed by atoms with Crippen LogP contribution in [0.2, 0.25) is 0 Å². The number of amides is 1. The predicted octanol–water partition coefficient (Wildman–Crippen LogP) is 4.52. The molecule has 3 heterocycles. The van der Waals surface area contributed by atoms with Crippen LogP contribution >= 0.6 is 11.8 Å². The molecule has 2 aromatic heterocycles. The molecule has 41 heavy (non-hydrogen) atoms. The molecule has 1 saturated carbocycles. The number of carbonyl (C=O) groups excluding carboxylic acids is 1. The van der Waals surface area contributed by atoms with Gasteiger partial charge >= 0.3 is 0 Å².